The summed E-state index contributed by atoms with van der Waals surface area (Å²) in [5.74, 6) is 0. The minimum atomic E-state index is 0.187. The lowest BCUT2D eigenvalue weighted by molar-refractivity contribution is 0.125. The Morgan fingerprint density at radius 2 is 1.88 bits per heavy atom. The second kappa shape index (κ2) is 3.38. The van der Waals surface area contributed by atoms with Crippen LogP contribution in [-0.4, -0.2) is 42.5 Å². The minimum absolute atomic E-state index is 0.187. The van der Waals surface area contributed by atoms with Crippen molar-refractivity contribution in [2.45, 2.75) is 46.1 Å². The zero-order valence-corrected chi connectivity index (χ0v) is 11.2. The molecule has 1 aliphatic heterocycles. The Morgan fingerprint density at radius 1 is 1.25 bits per heavy atom. The smallest absolute Gasteiger partial charge is 0.319 e. The van der Waals surface area contributed by atoms with Crippen molar-refractivity contribution in [3.8, 4) is 0 Å². The van der Waals surface area contributed by atoms with Gasteiger partial charge in [-0.3, -0.25) is 0 Å². The van der Waals surface area contributed by atoms with Crippen LogP contribution in [0.15, 0.2) is 0 Å². The lowest BCUT2D eigenvalue weighted by atomic mass is 9.65. The van der Waals surface area contributed by atoms with Crippen LogP contribution in [0.4, 0.5) is 4.79 Å². The van der Waals surface area contributed by atoms with Crippen molar-refractivity contribution < 1.29 is 4.79 Å². The highest BCUT2D eigenvalue weighted by atomic mass is 16.2. The maximum Gasteiger partial charge on any atom is 0.319 e. The molecule has 16 heavy (non-hydrogen) atoms. The van der Waals surface area contributed by atoms with Gasteiger partial charge < -0.3 is 9.80 Å². The lowest BCUT2D eigenvalue weighted by Gasteiger charge is -2.39. The predicted octanol–water partition coefficient (Wildman–Crippen LogP) is 2.57. The molecule has 0 radical (unpaired) electrons. The molecule has 0 spiro atoms. The number of hydrogen-bond donors (Lipinski definition) is 0. The largest absolute Gasteiger partial charge is 0.331 e. The molecule has 0 N–H and O–H groups in total. The van der Waals surface area contributed by atoms with E-state index in [1.54, 1.807) is 4.90 Å². The maximum atomic E-state index is 12.1. The normalized spacial score (nSPS) is 36.3. The van der Waals surface area contributed by atoms with Gasteiger partial charge in [0.1, 0.15) is 0 Å². The molecule has 1 aliphatic carbocycles. The summed E-state index contributed by atoms with van der Waals surface area (Å²) >= 11 is 0. The van der Waals surface area contributed by atoms with E-state index in [4.69, 9.17) is 0 Å². The van der Waals surface area contributed by atoms with Crippen LogP contribution in [0, 0.1) is 10.8 Å². The molecule has 1 saturated heterocycles. The van der Waals surface area contributed by atoms with E-state index in [2.05, 4.69) is 25.7 Å². The Balaban J connectivity index is 2.19. The molecule has 2 atom stereocenters. The Hall–Kier alpha value is -0.730. The van der Waals surface area contributed by atoms with E-state index in [0.717, 1.165) is 13.0 Å². The highest BCUT2D eigenvalue weighted by molar-refractivity contribution is 5.74. The molecule has 2 amide bonds. The van der Waals surface area contributed by atoms with Gasteiger partial charge in [-0.2, -0.15) is 0 Å². The Bertz CT molecular complexity index is 311. The zero-order chi connectivity index (χ0) is 12.1. The van der Waals surface area contributed by atoms with E-state index in [-0.39, 0.29) is 6.03 Å². The van der Waals surface area contributed by atoms with Crippen molar-refractivity contribution in [3.63, 3.8) is 0 Å². The van der Waals surface area contributed by atoms with E-state index in [1.165, 1.54) is 12.8 Å². The van der Waals surface area contributed by atoms with Crippen LogP contribution < -0.4 is 0 Å². The SMILES string of the molecule is CN(C)C(=O)N1CC2(C)CC1CC(C)(C)C2. The molecule has 2 unspecified atom stereocenters. The molecule has 92 valence electrons. The third-order valence-electron chi connectivity index (χ3n) is 4.04. The number of carbonyl (C=O) groups excluding carboxylic acids is 1. The third-order valence-corrected chi connectivity index (χ3v) is 4.04. The standard InChI is InChI=1S/C13H24N2O/c1-12(2)6-10-7-13(3,8-12)9-15(10)11(16)14(4)5/h10H,6-9H2,1-5H3. The lowest BCUT2D eigenvalue weighted by Crippen LogP contribution is -2.43. The van der Waals surface area contributed by atoms with Crippen molar-refractivity contribution in [2.75, 3.05) is 20.6 Å². The van der Waals surface area contributed by atoms with Gasteiger partial charge in [0.05, 0.1) is 0 Å². The first-order chi connectivity index (χ1) is 7.22. The van der Waals surface area contributed by atoms with E-state index in [9.17, 15) is 4.79 Å². The fraction of sp³-hybridized carbons (Fsp3) is 0.923. The first kappa shape index (κ1) is 11.7. The van der Waals surface area contributed by atoms with Crippen molar-refractivity contribution in [2.24, 2.45) is 10.8 Å². The van der Waals surface area contributed by atoms with Gasteiger partial charge in [0.2, 0.25) is 0 Å². The van der Waals surface area contributed by atoms with Gasteiger partial charge >= 0.3 is 6.03 Å². The van der Waals surface area contributed by atoms with Crippen molar-refractivity contribution in [3.05, 3.63) is 0 Å². The number of amides is 2. The van der Waals surface area contributed by atoms with Gasteiger partial charge in [-0.1, -0.05) is 20.8 Å². The number of nitrogens with zero attached hydrogens (tertiary/aromatic N) is 2. The van der Waals surface area contributed by atoms with E-state index >= 15 is 0 Å². The van der Waals surface area contributed by atoms with Crippen LogP contribution in [0.1, 0.15) is 40.0 Å². The van der Waals surface area contributed by atoms with E-state index < -0.39 is 0 Å². The Labute approximate surface area is 98.8 Å². The summed E-state index contributed by atoms with van der Waals surface area (Å²) in [6.45, 7) is 7.95. The predicted molar refractivity (Wildman–Crippen MR) is 65.3 cm³/mol. The molecule has 3 heteroatoms. The number of carbonyl (C=O) groups is 1. The van der Waals surface area contributed by atoms with Gasteiger partial charge in [-0.25, -0.2) is 4.79 Å². The summed E-state index contributed by atoms with van der Waals surface area (Å²) in [5.41, 5.74) is 0.733. The van der Waals surface area contributed by atoms with Crippen LogP contribution in [-0.2, 0) is 0 Å². The van der Waals surface area contributed by atoms with E-state index in [1.807, 2.05) is 14.1 Å². The number of likely N-dealkylation sites (tertiary alicyclic amines) is 1. The molecular formula is C13H24N2O. The molecular weight excluding hydrogens is 200 g/mol. The number of urea groups is 1. The summed E-state index contributed by atoms with van der Waals surface area (Å²) in [6.07, 6.45) is 3.59. The summed E-state index contributed by atoms with van der Waals surface area (Å²) in [7, 11) is 3.69. The van der Waals surface area contributed by atoms with Crippen LogP contribution in [0.25, 0.3) is 0 Å². The summed E-state index contributed by atoms with van der Waals surface area (Å²) in [6, 6.07) is 0.648. The number of fused-ring (bicyclic) bond motifs is 2. The first-order valence-corrected chi connectivity index (χ1v) is 6.20. The molecule has 3 nitrogen and oxygen atoms in total. The van der Waals surface area contributed by atoms with Crippen LogP contribution in [0.3, 0.4) is 0 Å². The molecule has 2 fully saturated rings. The quantitative estimate of drug-likeness (QED) is 0.620. The second-order valence-electron chi connectivity index (χ2n) is 7.02. The van der Waals surface area contributed by atoms with Crippen molar-refractivity contribution in [1.29, 1.82) is 0 Å². The highest BCUT2D eigenvalue weighted by Crippen LogP contribution is 2.52. The summed E-state index contributed by atoms with van der Waals surface area (Å²) in [5, 5.41) is 0. The number of hydrogen-bond acceptors (Lipinski definition) is 1. The molecule has 2 bridgehead atoms. The Kier molecular flexibility index (Phi) is 2.48. The van der Waals surface area contributed by atoms with Gasteiger partial charge in [0.25, 0.3) is 0 Å². The van der Waals surface area contributed by atoms with Gasteiger partial charge in [0, 0.05) is 26.7 Å². The Morgan fingerprint density at radius 3 is 2.44 bits per heavy atom. The average molecular weight is 224 g/mol. The molecule has 0 aromatic heterocycles. The topological polar surface area (TPSA) is 23.6 Å². The third kappa shape index (κ3) is 1.92. The van der Waals surface area contributed by atoms with Gasteiger partial charge in [-0.15, -0.1) is 0 Å². The van der Waals surface area contributed by atoms with Gasteiger partial charge in [-0.05, 0) is 30.1 Å². The van der Waals surface area contributed by atoms with E-state index in [0.29, 0.717) is 16.9 Å². The maximum absolute atomic E-state index is 12.1. The molecule has 1 heterocycles. The second-order valence-corrected chi connectivity index (χ2v) is 7.02. The highest BCUT2D eigenvalue weighted by Gasteiger charge is 2.51. The fourth-order valence-electron chi connectivity index (χ4n) is 3.94. The minimum Gasteiger partial charge on any atom is -0.331 e. The zero-order valence-electron chi connectivity index (χ0n) is 11.2. The fourth-order valence-corrected chi connectivity index (χ4v) is 3.94. The molecule has 0 aromatic rings. The monoisotopic (exact) mass is 224 g/mol. The van der Waals surface area contributed by atoms with Crippen molar-refractivity contribution in [1.82, 2.24) is 9.80 Å². The first-order valence-electron chi connectivity index (χ1n) is 6.20. The molecule has 0 aromatic carbocycles. The van der Waals surface area contributed by atoms with Gasteiger partial charge in [0.15, 0.2) is 0 Å². The van der Waals surface area contributed by atoms with Crippen LogP contribution in [0.2, 0.25) is 0 Å². The van der Waals surface area contributed by atoms with Crippen LogP contribution >= 0.6 is 0 Å². The van der Waals surface area contributed by atoms with Crippen molar-refractivity contribution >= 4 is 6.03 Å². The molecule has 2 aliphatic rings. The average Bonchev–Trinajstić information content (AvgIpc) is 2.33. The number of rotatable bonds is 0. The molecule has 2 rings (SSSR count). The van der Waals surface area contributed by atoms with Crippen LogP contribution in [0.5, 0.6) is 0 Å². The summed E-state index contributed by atoms with van der Waals surface area (Å²) < 4.78 is 0. The molecule has 1 saturated carbocycles. The summed E-state index contributed by atoms with van der Waals surface area (Å²) in [4.78, 5) is 15.9.